The molecule has 3 N–H and O–H groups in total. The highest BCUT2D eigenvalue weighted by atomic mass is 16.3. The molecule has 0 heterocycles. The van der Waals surface area contributed by atoms with E-state index in [0.29, 0.717) is 6.54 Å². The van der Waals surface area contributed by atoms with Crippen molar-refractivity contribution in [1.29, 1.82) is 0 Å². The van der Waals surface area contributed by atoms with Gasteiger partial charge in [-0.3, -0.25) is 10.1 Å². The van der Waals surface area contributed by atoms with Crippen LogP contribution >= 0.6 is 0 Å². The Morgan fingerprint density at radius 2 is 2.07 bits per heavy atom. The van der Waals surface area contributed by atoms with Crippen molar-refractivity contribution in [1.82, 2.24) is 10.6 Å². The van der Waals surface area contributed by atoms with E-state index in [4.69, 9.17) is 5.11 Å². The van der Waals surface area contributed by atoms with Gasteiger partial charge in [0.2, 0.25) is 5.91 Å². The average Bonchev–Trinajstić information content (AvgIpc) is 2.18. The van der Waals surface area contributed by atoms with E-state index in [1.54, 1.807) is 6.92 Å². The SMILES string of the molecule is CCNC(=O)C(C)NC(C)(CC)CO. The highest BCUT2D eigenvalue weighted by molar-refractivity contribution is 5.81. The molecule has 0 spiro atoms. The third-order valence-electron chi connectivity index (χ3n) is 2.44. The minimum absolute atomic E-state index is 0.0272. The van der Waals surface area contributed by atoms with Crippen LogP contribution in [0.15, 0.2) is 0 Å². The fourth-order valence-corrected chi connectivity index (χ4v) is 1.18. The van der Waals surface area contributed by atoms with Crippen molar-refractivity contribution in [3.05, 3.63) is 0 Å². The van der Waals surface area contributed by atoms with Crippen LogP contribution in [0.2, 0.25) is 0 Å². The second-order valence-electron chi connectivity index (χ2n) is 3.83. The predicted molar refractivity (Wildman–Crippen MR) is 57.1 cm³/mol. The summed E-state index contributed by atoms with van der Waals surface area (Å²) in [5, 5.41) is 15.0. The average molecular weight is 202 g/mol. The molecule has 84 valence electrons. The van der Waals surface area contributed by atoms with E-state index in [-0.39, 0.29) is 24.1 Å². The zero-order valence-corrected chi connectivity index (χ0v) is 9.55. The van der Waals surface area contributed by atoms with E-state index in [1.165, 1.54) is 0 Å². The minimum Gasteiger partial charge on any atom is -0.394 e. The molecule has 4 nitrogen and oxygen atoms in total. The standard InChI is InChI=1S/C10H22N2O2/c1-5-10(4,7-13)12-8(3)9(14)11-6-2/h8,12-13H,5-7H2,1-4H3,(H,11,14). The van der Waals surface area contributed by atoms with Gasteiger partial charge in [0.25, 0.3) is 0 Å². The zero-order chi connectivity index (χ0) is 11.2. The van der Waals surface area contributed by atoms with Crippen LogP contribution < -0.4 is 10.6 Å². The lowest BCUT2D eigenvalue weighted by Gasteiger charge is -2.30. The summed E-state index contributed by atoms with van der Waals surface area (Å²) in [6.07, 6.45) is 0.785. The van der Waals surface area contributed by atoms with Crippen molar-refractivity contribution in [2.24, 2.45) is 0 Å². The fourth-order valence-electron chi connectivity index (χ4n) is 1.18. The number of carbonyl (C=O) groups excluding carboxylic acids is 1. The number of aliphatic hydroxyl groups excluding tert-OH is 1. The van der Waals surface area contributed by atoms with E-state index in [1.807, 2.05) is 20.8 Å². The lowest BCUT2D eigenvalue weighted by molar-refractivity contribution is -0.123. The number of aliphatic hydroxyl groups is 1. The van der Waals surface area contributed by atoms with Gasteiger partial charge in [-0.2, -0.15) is 0 Å². The first-order chi connectivity index (χ1) is 6.49. The first-order valence-electron chi connectivity index (χ1n) is 5.15. The molecule has 0 aliphatic heterocycles. The first kappa shape index (κ1) is 13.4. The molecule has 0 saturated heterocycles. The number of likely N-dealkylation sites (N-methyl/N-ethyl adjacent to an activating group) is 1. The minimum atomic E-state index is -0.371. The molecular formula is C10H22N2O2. The van der Waals surface area contributed by atoms with Gasteiger partial charge in [-0.15, -0.1) is 0 Å². The second kappa shape index (κ2) is 5.98. The van der Waals surface area contributed by atoms with Gasteiger partial charge in [0, 0.05) is 12.1 Å². The topological polar surface area (TPSA) is 61.4 Å². The molecule has 0 aromatic heterocycles. The second-order valence-corrected chi connectivity index (χ2v) is 3.83. The van der Waals surface area contributed by atoms with Crippen molar-refractivity contribution in [2.75, 3.05) is 13.2 Å². The maximum absolute atomic E-state index is 11.4. The van der Waals surface area contributed by atoms with Crippen molar-refractivity contribution in [2.45, 2.75) is 45.7 Å². The summed E-state index contributed by atoms with van der Waals surface area (Å²) in [7, 11) is 0. The molecule has 0 fully saturated rings. The number of amides is 1. The number of hydrogen-bond donors (Lipinski definition) is 3. The Labute approximate surface area is 86.1 Å². The van der Waals surface area contributed by atoms with Crippen LogP contribution in [-0.2, 0) is 4.79 Å². The lowest BCUT2D eigenvalue weighted by Crippen LogP contribution is -2.54. The Balaban J connectivity index is 4.15. The summed E-state index contributed by atoms with van der Waals surface area (Å²) in [6, 6.07) is -0.271. The van der Waals surface area contributed by atoms with Crippen LogP contribution in [0.25, 0.3) is 0 Å². The molecule has 0 aromatic rings. The van der Waals surface area contributed by atoms with Gasteiger partial charge in [0.15, 0.2) is 0 Å². The van der Waals surface area contributed by atoms with Crippen LogP contribution in [0.4, 0.5) is 0 Å². The summed E-state index contributed by atoms with van der Waals surface area (Å²) in [5.74, 6) is -0.0272. The number of carbonyl (C=O) groups is 1. The molecule has 0 radical (unpaired) electrons. The maximum Gasteiger partial charge on any atom is 0.236 e. The van der Waals surface area contributed by atoms with Crippen molar-refractivity contribution >= 4 is 5.91 Å². The van der Waals surface area contributed by atoms with E-state index in [0.717, 1.165) is 6.42 Å². The summed E-state index contributed by atoms with van der Waals surface area (Å²) in [6.45, 7) is 8.24. The highest BCUT2D eigenvalue weighted by Gasteiger charge is 2.25. The molecule has 4 heteroatoms. The summed E-state index contributed by atoms with van der Waals surface area (Å²) in [4.78, 5) is 11.4. The Morgan fingerprint density at radius 3 is 2.43 bits per heavy atom. The van der Waals surface area contributed by atoms with Crippen molar-refractivity contribution < 1.29 is 9.90 Å². The molecular weight excluding hydrogens is 180 g/mol. The molecule has 1 amide bonds. The smallest absolute Gasteiger partial charge is 0.236 e. The van der Waals surface area contributed by atoms with Crippen LogP contribution in [0.3, 0.4) is 0 Å². The van der Waals surface area contributed by atoms with Gasteiger partial charge in [0.05, 0.1) is 12.6 Å². The predicted octanol–water partition coefficient (Wildman–Crippen LogP) is 0.262. The van der Waals surface area contributed by atoms with Gasteiger partial charge in [-0.25, -0.2) is 0 Å². The Bertz CT molecular complexity index is 179. The fraction of sp³-hybridized carbons (Fsp3) is 0.900. The van der Waals surface area contributed by atoms with Gasteiger partial charge in [0.1, 0.15) is 0 Å². The molecule has 14 heavy (non-hydrogen) atoms. The monoisotopic (exact) mass is 202 g/mol. The van der Waals surface area contributed by atoms with E-state index in [9.17, 15) is 4.79 Å². The maximum atomic E-state index is 11.4. The molecule has 0 aliphatic rings. The van der Waals surface area contributed by atoms with Gasteiger partial charge in [-0.05, 0) is 27.2 Å². The Kier molecular flexibility index (Phi) is 5.72. The van der Waals surface area contributed by atoms with Crippen LogP contribution in [0.1, 0.15) is 34.1 Å². The van der Waals surface area contributed by atoms with Gasteiger partial charge in [-0.1, -0.05) is 6.92 Å². The number of nitrogens with one attached hydrogen (secondary N) is 2. The van der Waals surface area contributed by atoms with Crippen LogP contribution in [0, 0.1) is 0 Å². The Morgan fingerprint density at radius 1 is 1.50 bits per heavy atom. The summed E-state index contributed by atoms with van der Waals surface area (Å²) < 4.78 is 0. The molecule has 0 aromatic carbocycles. The largest absolute Gasteiger partial charge is 0.394 e. The molecule has 0 saturated carbocycles. The molecule has 0 rings (SSSR count). The molecule has 2 atom stereocenters. The van der Waals surface area contributed by atoms with Gasteiger partial charge >= 0.3 is 0 Å². The summed E-state index contributed by atoms with van der Waals surface area (Å²) >= 11 is 0. The highest BCUT2D eigenvalue weighted by Crippen LogP contribution is 2.08. The van der Waals surface area contributed by atoms with E-state index in [2.05, 4.69) is 10.6 Å². The van der Waals surface area contributed by atoms with Crippen molar-refractivity contribution in [3.63, 3.8) is 0 Å². The van der Waals surface area contributed by atoms with Crippen LogP contribution in [0.5, 0.6) is 0 Å². The normalized spacial score (nSPS) is 17.2. The summed E-state index contributed by atoms with van der Waals surface area (Å²) in [5.41, 5.74) is -0.371. The molecule has 0 bridgehead atoms. The number of hydrogen-bond acceptors (Lipinski definition) is 3. The lowest BCUT2D eigenvalue weighted by atomic mass is 9.99. The molecule has 0 aliphatic carbocycles. The van der Waals surface area contributed by atoms with Crippen LogP contribution in [-0.4, -0.2) is 35.7 Å². The van der Waals surface area contributed by atoms with E-state index >= 15 is 0 Å². The molecule has 2 unspecified atom stereocenters. The zero-order valence-electron chi connectivity index (χ0n) is 9.55. The quantitative estimate of drug-likeness (QED) is 0.579. The third kappa shape index (κ3) is 4.07. The van der Waals surface area contributed by atoms with Gasteiger partial charge < -0.3 is 10.4 Å². The first-order valence-corrected chi connectivity index (χ1v) is 5.15. The van der Waals surface area contributed by atoms with E-state index < -0.39 is 0 Å². The number of rotatable bonds is 6. The van der Waals surface area contributed by atoms with Crippen molar-refractivity contribution in [3.8, 4) is 0 Å². The Hall–Kier alpha value is -0.610. The third-order valence-corrected chi connectivity index (χ3v) is 2.44.